The number of esters is 1. The van der Waals surface area contributed by atoms with Crippen molar-refractivity contribution in [1.82, 2.24) is 10.3 Å². The molecule has 0 spiro atoms. The van der Waals surface area contributed by atoms with Crippen molar-refractivity contribution in [1.29, 1.82) is 0 Å². The van der Waals surface area contributed by atoms with E-state index in [1.54, 1.807) is 30.3 Å². The van der Waals surface area contributed by atoms with Crippen molar-refractivity contribution in [2.24, 2.45) is 0 Å². The van der Waals surface area contributed by atoms with Crippen LogP contribution in [0.15, 0.2) is 72.8 Å². The van der Waals surface area contributed by atoms with Crippen molar-refractivity contribution in [3.8, 4) is 11.3 Å². The summed E-state index contributed by atoms with van der Waals surface area (Å²) in [5, 5.41) is 5.58. The summed E-state index contributed by atoms with van der Waals surface area (Å²) in [5.74, 6) is -0.657. The molecule has 8 heteroatoms. The zero-order valence-corrected chi connectivity index (χ0v) is 23.6. The van der Waals surface area contributed by atoms with Crippen LogP contribution >= 0.6 is 34.8 Å². The van der Waals surface area contributed by atoms with Gasteiger partial charge in [-0.05, 0) is 66.4 Å². The Morgan fingerprint density at radius 1 is 0.949 bits per heavy atom. The molecule has 1 amide bonds. The van der Waals surface area contributed by atoms with Crippen LogP contribution in [0.4, 0.5) is 0 Å². The average Bonchev–Trinajstić information content (AvgIpc) is 3.44. The standard InChI is InChI=1S/C31H27Cl3N2O3/c1-39-29(37)27(36-30(38)31(15-2-3-16-31)21-9-11-22(32)12-10-21)18-19-7-13-25-20(17-19)8-14-26(35-25)28-23(33)5-4-6-24(28)34/h4-14,17,27H,2-3,15-16,18H2,1H3,(H,36,38). The second-order valence-corrected chi connectivity index (χ2v) is 11.1. The number of amides is 1. The van der Waals surface area contributed by atoms with Gasteiger partial charge >= 0.3 is 5.97 Å². The number of carbonyl (C=O) groups is 2. The Balaban J connectivity index is 1.40. The summed E-state index contributed by atoms with van der Waals surface area (Å²) < 4.78 is 5.07. The highest BCUT2D eigenvalue weighted by atomic mass is 35.5. The number of ether oxygens (including phenoxy) is 1. The number of benzene rings is 3. The maximum Gasteiger partial charge on any atom is 0.328 e. The van der Waals surface area contributed by atoms with Gasteiger partial charge in [0.05, 0.1) is 33.8 Å². The number of hydrogen-bond acceptors (Lipinski definition) is 4. The van der Waals surface area contributed by atoms with Crippen molar-refractivity contribution in [2.45, 2.75) is 43.6 Å². The summed E-state index contributed by atoms with van der Waals surface area (Å²) in [6.07, 6.45) is 3.60. The highest BCUT2D eigenvalue weighted by Crippen LogP contribution is 2.42. The predicted octanol–water partition coefficient (Wildman–Crippen LogP) is 7.57. The van der Waals surface area contributed by atoms with Crippen LogP contribution in [0.1, 0.15) is 36.8 Å². The van der Waals surface area contributed by atoms with Crippen molar-refractivity contribution in [2.75, 3.05) is 7.11 Å². The first kappa shape index (κ1) is 27.4. The van der Waals surface area contributed by atoms with Gasteiger partial charge in [-0.2, -0.15) is 0 Å². The van der Waals surface area contributed by atoms with Gasteiger partial charge in [-0.3, -0.25) is 4.79 Å². The zero-order chi connectivity index (χ0) is 27.6. The van der Waals surface area contributed by atoms with Crippen molar-refractivity contribution in [3.63, 3.8) is 0 Å². The van der Waals surface area contributed by atoms with Crippen LogP contribution < -0.4 is 5.32 Å². The normalized spacial score (nSPS) is 15.2. The third-order valence-corrected chi connectivity index (χ3v) is 8.37. The van der Waals surface area contributed by atoms with E-state index in [1.807, 2.05) is 42.5 Å². The van der Waals surface area contributed by atoms with Crippen molar-refractivity contribution >= 4 is 57.6 Å². The molecule has 1 heterocycles. The van der Waals surface area contributed by atoms with Gasteiger partial charge in [0.1, 0.15) is 6.04 Å². The minimum absolute atomic E-state index is 0.165. The van der Waals surface area contributed by atoms with Gasteiger partial charge < -0.3 is 10.1 Å². The molecule has 1 atom stereocenters. The van der Waals surface area contributed by atoms with Gasteiger partial charge in [-0.25, -0.2) is 9.78 Å². The van der Waals surface area contributed by atoms with Crippen LogP contribution in [0.5, 0.6) is 0 Å². The first-order chi connectivity index (χ1) is 18.8. The number of carbonyl (C=O) groups excluding carboxylic acids is 2. The molecule has 1 aliphatic rings. The number of halogens is 3. The third kappa shape index (κ3) is 5.62. The van der Waals surface area contributed by atoms with Crippen molar-refractivity contribution < 1.29 is 14.3 Å². The summed E-state index contributed by atoms with van der Waals surface area (Å²) in [7, 11) is 1.33. The maximum atomic E-state index is 13.7. The fraction of sp³-hybridized carbons (Fsp3) is 0.258. The van der Waals surface area contributed by atoms with E-state index in [2.05, 4.69) is 5.32 Å². The Bertz CT molecular complexity index is 1510. The highest BCUT2D eigenvalue weighted by molar-refractivity contribution is 6.39. The molecule has 1 N–H and O–H groups in total. The first-order valence-electron chi connectivity index (χ1n) is 12.8. The van der Waals surface area contributed by atoms with Gasteiger partial charge in [0.2, 0.25) is 5.91 Å². The van der Waals surface area contributed by atoms with Gasteiger partial charge in [-0.1, -0.05) is 78.0 Å². The molecule has 0 saturated heterocycles. The molecule has 39 heavy (non-hydrogen) atoms. The van der Waals surface area contributed by atoms with E-state index in [4.69, 9.17) is 44.5 Å². The number of methoxy groups -OCH3 is 1. The van der Waals surface area contributed by atoms with E-state index in [0.717, 1.165) is 34.9 Å². The molecule has 4 aromatic rings. The molecule has 1 unspecified atom stereocenters. The molecule has 1 fully saturated rings. The molecular formula is C31H27Cl3N2O3. The van der Waals surface area contributed by atoms with Crippen LogP contribution in [0.25, 0.3) is 22.2 Å². The van der Waals surface area contributed by atoms with Crippen LogP contribution in [-0.4, -0.2) is 30.0 Å². The monoisotopic (exact) mass is 580 g/mol. The number of rotatable bonds is 7. The summed E-state index contributed by atoms with van der Waals surface area (Å²) >= 11 is 18.8. The number of nitrogens with one attached hydrogen (secondary N) is 1. The molecule has 5 nitrogen and oxygen atoms in total. The molecule has 0 radical (unpaired) electrons. The van der Waals surface area contributed by atoms with E-state index in [1.165, 1.54) is 7.11 Å². The van der Waals surface area contributed by atoms with Gasteiger partial charge in [-0.15, -0.1) is 0 Å². The Labute approximate surface area is 242 Å². The summed E-state index contributed by atoms with van der Waals surface area (Å²) in [6, 6.07) is 21.5. The lowest BCUT2D eigenvalue weighted by Gasteiger charge is -2.30. The van der Waals surface area contributed by atoms with Crippen LogP contribution in [-0.2, 0) is 26.2 Å². The molecule has 3 aromatic carbocycles. The molecule has 1 aromatic heterocycles. The SMILES string of the molecule is COC(=O)C(Cc1ccc2nc(-c3c(Cl)cccc3Cl)ccc2c1)NC(=O)C1(c2ccc(Cl)cc2)CCCC1. The summed E-state index contributed by atoms with van der Waals surface area (Å²) in [5.41, 5.74) is 3.21. The largest absolute Gasteiger partial charge is 0.467 e. The predicted molar refractivity (Wildman–Crippen MR) is 156 cm³/mol. The minimum atomic E-state index is -0.834. The lowest BCUT2D eigenvalue weighted by atomic mass is 9.77. The fourth-order valence-corrected chi connectivity index (χ4v) is 6.16. The molecule has 1 aliphatic carbocycles. The quantitative estimate of drug-likeness (QED) is 0.229. The van der Waals surface area contributed by atoms with E-state index >= 15 is 0 Å². The molecule has 5 rings (SSSR count). The van der Waals surface area contributed by atoms with Gasteiger partial charge in [0, 0.05) is 22.4 Å². The van der Waals surface area contributed by atoms with E-state index in [9.17, 15) is 9.59 Å². The summed E-state index contributed by atoms with van der Waals surface area (Å²) in [6.45, 7) is 0. The lowest BCUT2D eigenvalue weighted by molar-refractivity contribution is -0.145. The number of nitrogens with zero attached hydrogens (tertiary/aromatic N) is 1. The van der Waals surface area contributed by atoms with Gasteiger partial charge in [0.25, 0.3) is 0 Å². The minimum Gasteiger partial charge on any atom is -0.467 e. The number of hydrogen-bond donors (Lipinski definition) is 1. The summed E-state index contributed by atoms with van der Waals surface area (Å²) in [4.78, 5) is 31.3. The zero-order valence-electron chi connectivity index (χ0n) is 21.3. The lowest BCUT2D eigenvalue weighted by Crippen LogP contribution is -2.50. The van der Waals surface area contributed by atoms with Crippen LogP contribution in [0, 0.1) is 0 Å². The Hall–Kier alpha value is -3.12. The Kier molecular flexibility index (Phi) is 8.13. The Morgan fingerprint density at radius 3 is 2.31 bits per heavy atom. The smallest absolute Gasteiger partial charge is 0.328 e. The molecule has 0 aliphatic heterocycles. The number of aromatic nitrogens is 1. The number of pyridine rings is 1. The molecule has 200 valence electrons. The van der Waals surface area contributed by atoms with Crippen LogP contribution in [0.3, 0.4) is 0 Å². The number of fused-ring (bicyclic) bond motifs is 1. The Morgan fingerprint density at radius 2 is 1.64 bits per heavy atom. The molecule has 0 bridgehead atoms. The average molecular weight is 582 g/mol. The highest BCUT2D eigenvalue weighted by Gasteiger charge is 2.44. The molecule has 1 saturated carbocycles. The van der Waals surface area contributed by atoms with Crippen molar-refractivity contribution in [3.05, 3.63) is 99.0 Å². The van der Waals surface area contributed by atoms with E-state index in [0.29, 0.717) is 39.2 Å². The second kappa shape index (κ2) is 11.5. The first-order valence-corrected chi connectivity index (χ1v) is 13.9. The van der Waals surface area contributed by atoms with E-state index in [-0.39, 0.29) is 12.3 Å². The van der Waals surface area contributed by atoms with Gasteiger partial charge in [0.15, 0.2) is 0 Å². The van der Waals surface area contributed by atoms with E-state index < -0.39 is 17.4 Å². The maximum absolute atomic E-state index is 13.7. The molecular weight excluding hydrogens is 555 g/mol. The topological polar surface area (TPSA) is 68.3 Å². The second-order valence-electron chi connectivity index (χ2n) is 9.87. The van der Waals surface area contributed by atoms with Crippen LogP contribution in [0.2, 0.25) is 15.1 Å². The fourth-order valence-electron chi connectivity index (χ4n) is 5.45. The third-order valence-electron chi connectivity index (χ3n) is 7.49.